The zero-order valence-electron chi connectivity index (χ0n) is 26.7. The van der Waals surface area contributed by atoms with E-state index in [1.165, 1.54) is 44.0 Å². The van der Waals surface area contributed by atoms with Crippen molar-refractivity contribution in [2.75, 3.05) is 25.6 Å². The molecule has 2 amide bonds. The van der Waals surface area contributed by atoms with Crippen LogP contribution in [0.25, 0.3) is 9.81 Å². The monoisotopic (exact) mass is 698 g/mol. The molecule has 10 nitrogen and oxygen atoms in total. The fourth-order valence-corrected chi connectivity index (χ4v) is 14.4. The molecule has 2 aromatic carbocycles. The van der Waals surface area contributed by atoms with Gasteiger partial charge in [0.2, 0.25) is 0 Å². The molecule has 4 aliphatic heterocycles. The lowest BCUT2D eigenvalue weighted by atomic mass is 9.82. The van der Waals surface area contributed by atoms with Crippen LogP contribution in [0.5, 0.6) is 0 Å². The molecule has 0 aromatic heterocycles. The second-order valence-electron chi connectivity index (χ2n) is 13.3. The van der Waals surface area contributed by atoms with Crippen molar-refractivity contribution < 1.29 is 26.4 Å². The van der Waals surface area contributed by atoms with Gasteiger partial charge in [-0.3, -0.25) is 9.59 Å². The Bertz CT molecular complexity index is 1970. The lowest BCUT2D eigenvalue weighted by molar-refractivity contribution is -0.125. The molecule has 0 unspecified atom stereocenters. The molecule has 4 heterocycles. The van der Waals surface area contributed by atoms with Gasteiger partial charge in [0.05, 0.1) is 44.9 Å². The van der Waals surface area contributed by atoms with E-state index >= 15 is 0 Å². The van der Waals surface area contributed by atoms with Crippen LogP contribution in [0, 0.1) is 13.8 Å². The average Bonchev–Trinajstić information content (AvgIpc) is 3.57. The number of carbonyl (C=O) groups is 2. The first kappa shape index (κ1) is 32.7. The minimum absolute atomic E-state index is 0.00850. The van der Waals surface area contributed by atoms with Crippen LogP contribution in [0.3, 0.4) is 0 Å². The predicted octanol–water partition coefficient (Wildman–Crippen LogP) is 4.85. The summed E-state index contributed by atoms with van der Waals surface area (Å²) in [6.45, 7) is 11.4. The van der Waals surface area contributed by atoms with E-state index in [0.29, 0.717) is 41.9 Å². The fraction of sp³-hybridized carbons (Fsp3) is 0.375. The summed E-state index contributed by atoms with van der Waals surface area (Å²) in [7, 11) is -1.26. The molecule has 4 aliphatic rings. The highest BCUT2D eigenvalue weighted by Crippen LogP contribution is 2.53. The summed E-state index contributed by atoms with van der Waals surface area (Å²) in [4.78, 5) is 28.4. The van der Waals surface area contributed by atoms with Gasteiger partial charge in [0.25, 0.3) is 11.8 Å². The molecular weight excluding hydrogens is 665 g/mol. The molecule has 0 saturated heterocycles. The first-order valence-corrected chi connectivity index (χ1v) is 20.0. The van der Waals surface area contributed by atoms with Crippen LogP contribution in [0.15, 0.2) is 55.4 Å². The van der Waals surface area contributed by atoms with Gasteiger partial charge in [-0.1, -0.05) is 61.4 Å². The number of hydrazone groups is 2. The molecule has 6 rings (SSSR count). The Morgan fingerprint density at radius 1 is 0.674 bits per heavy atom. The molecule has 0 atom stereocenters. The van der Waals surface area contributed by atoms with E-state index in [4.69, 9.17) is 0 Å². The number of likely N-dealkylation sites (N-methyl/N-ethyl adjacent to an activating group) is 2. The highest BCUT2D eigenvalue weighted by atomic mass is 33.1. The minimum atomic E-state index is -3.47. The molecule has 0 aliphatic carbocycles. The maximum Gasteiger partial charge on any atom is 0.276 e. The van der Waals surface area contributed by atoms with Crippen LogP contribution in [0.4, 0.5) is 0 Å². The van der Waals surface area contributed by atoms with Gasteiger partial charge < -0.3 is 0 Å². The summed E-state index contributed by atoms with van der Waals surface area (Å²) < 4.78 is 52.1. The van der Waals surface area contributed by atoms with Crippen LogP contribution in [-0.2, 0) is 40.1 Å². The Labute approximate surface area is 277 Å². The van der Waals surface area contributed by atoms with E-state index in [1.54, 1.807) is 38.4 Å². The second kappa shape index (κ2) is 10.7. The van der Waals surface area contributed by atoms with Gasteiger partial charge in [-0.2, -0.15) is 10.2 Å². The maximum atomic E-state index is 13.3. The van der Waals surface area contributed by atoms with Crippen molar-refractivity contribution in [1.29, 1.82) is 0 Å². The lowest BCUT2D eigenvalue weighted by Gasteiger charge is -2.23. The third kappa shape index (κ3) is 4.99. The first-order chi connectivity index (χ1) is 21.3. The van der Waals surface area contributed by atoms with Crippen LogP contribution >= 0.6 is 21.6 Å². The minimum Gasteiger partial charge on any atom is -0.267 e. The molecule has 46 heavy (non-hydrogen) atoms. The highest BCUT2D eigenvalue weighted by molar-refractivity contribution is 8.83. The molecule has 14 heteroatoms. The van der Waals surface area contributed by atoms with Crippen molar-refractivity contribution in [3.8, 4) is 0 Å². The fourth-order valence-electron chi connectivity index (χ4n) is 7.03. The molecule has 0 radical (unpaired) electrons. The van der Waals surface area contributed by atoms with Crippen molar-refractivity contribution in [3.05, 3.63) is 68.8 Å². The van der Waals surface area contributed by atoms with Crippen LogP contribution in [0.2, 0.25) is 0 Å². The van der Waals surface area contributed by atoms with E-state index in [0.717, 1.165) is 22.3 Å². The molecule has 2 aromatic rings. The van der Waals surface area contributed by atoms with Gasteiger partial charge in [-0.05, 0) is 59.4 Å². The number of carbonyl (C=O) groups excluding carboxylic acids is 2. The van der Waals surface area contributed by atoms with E-state index in [1.807, 2.05) is 41.5 Å². The zero-order valence-corrected chi connectivity index (χ0v) is 30.0. The highest BCUT2D eigenvalue weighted by Gasteiger charge is 2.44. The van der Waals surface area contributed by atoms with Gasteiger partial charge in [0.1, 0.15) is 0 Å². The third-order valence-corrected chi connectivity index (χ3v) is 15.7. The molecule has 0 bridgehead atoms. The van der Waals surface area contributed by atoms with E-state index in [2.05, 4.69) is 10.2 Å². The predicted molar refractivity (Wildman–Crippen MR) is 184 cm³/mol. The summed E-state index contributed by atoms with van der Waals surface area (Å²) in [6.07, 6.45) is 2.99. The SMILES string of the molecule is Cc1c(/C(SS/C(=C2\C=NN(C)C2=O)c2ccc3c(c2C)C(C)(C)CS3(=O)=O)=C2\C=NN(C)C2=O)ccc2c1C(C)(C)CS2(=O)=O. The summed E-state index contributed by atoms with van der Waals surface area (Å²) >= 11 is 0. The quantitative estimate of drug-likeness (QED) is 0.320. The van der Waals surface area contributed by atoms with Gasteiger partial charge >= 0.3 is 0 Å². The lowest BCUT2D eigenvalue weighted by Crippen LogP contribution is -2.20. The molecular formula is C32H34N4O6S4. The number of rotatable bonds is 5. The van der Waals surface area contributed by atoms with E-state index in [-0.39, 0.29) is 23.3 Å². The Morgan fingerprint density at radius 2 is 1.02 bits per heavy atom. The van der Waals surface area contributed by atoms with Crippen LogP contribution in [-0.4, -0.2) is 76.7 Å². The summed E-state index contributed by atoms with van der Waals surface area (Å²) in [5.74, 6) is -0.650. The normalized spacial score (nSPS) is 23.7. The first-order valence-electron chi connectivity index (χ1n) is 14.5. The van der Waals surface area contributed by atoms with Crippen molar-refractivity contribution in [2.24, 2.45) is 10.2 Å². The number of sulfone groups is 2. The van der Waals surface area contributed by atoms with Gasteiger partial charge in [-0.25, -0.2) is 26.9 Å². The third-order valence-electron chi connectivity index (χ3n) is 8.93. The van der Waals surface area contributed by atoms with E-state index in [9.17, 15) is 26.4 Å². The molecule has 0 saturated carbocycles. The topological polar surface area (TPSA) is 134 Å². The largest absolute Gasteiger partial charge is 0.276 e. The number of fused-ring (bicyclic) bond motifs is 2. The number of benzene rings is 2. The number of hydrogen-bond acceptors (Lipinski definition) is 10. The standard InChI is InChI=1S/C32H34N4O6S4/c1-17-19(9-11-23-25(17)31(3,4)15-45(23,39)40)27(21-13-33-35(7)29(21)37)43-44-28(22-14-34-36(8)30(22)38)20-10-12-24-26(18(20)2)32(5,6)16-46(24,41)42/h9-14H,15-16H2,1-8H3/b27-21-,28-22+. The second-order valence-corrected chi connectivity index (χ2v) is 19.4. The van der Waals surface area contributed by atoms with Gasteiger partial charge in [0.15, 0.2) is 19.7 Å². The van der Waals surface area contributed by atoms with Gasteiger partial charge in [-0.15, -0.1) is 0 Å². The zero-order chi connectivity index (χ0) is 33.7. The summed E-state index contributed by atoms with van der Waals surface area (Å²) in [5, 5.41) is 10.9. The summed E-state index contributed by atoms with van der Waals surface area (Å²) in [5.41, 5.74) is 3.75. The van der Waals surface area contributed by atoms with Crippen molar-refractivity contribution in [3.63, 3.8) is 0 Å². The van der Waals surface area contributed by atoms with Gasteiger partial charge in [0, 0.05) is 34.7 Å². The smallest absolute Gasteiger partial charge is 0.267 e. The van der Waals surface area contributed by atoms with Crippen LogP contribution in [0.1, 0.15) is 61.1 Å². The number of nitrogens with zero attached hydrogens (tertiary/aromatic N) is 4. The summed E-state index contributed by atoms with van der Waals surface area (Å²) in [6, 6.07) is 6.70. The maximum absolute atomic E-state index is 13.3. The molecule has 0 spiro atoms. The number of amides is 2. The molecule has 0 N–H and O–H groups in total. The van der Waals surface area contributed by atoms with Crippen molar-refractivity contribution in [2.45, 2.75) is 62.2 Å². The average molecular weight is 699 g/mol. The van der Waals surface area contributed by atoms with Crippen molar-refractivity contribution in [1.82, 2.24) is 10.0 Å². The van der Waals surface area contributed by atoms with Crippen molar-refractivity contribution >= 4 is 75.3 Å². The Kier molecular flexibility index (Phi) is 7.58. The Morgan fingerprint density at radius 3 is 1.33 bits per heavy atom. The Hall–Kier alpha value is -3.20. The molecule has 242 valence electrons. The Balaban J connectivity index is 1.53. The molecule has 0 fully saturated rings. The number of hydrogen-bond donors (Lipinski definition) is 0. The van der Waals surface area contributed by atoms with E-state index < -0.39 is 30.5 Å². The van der Waals surface area contributed by atoms with Crippen LogP contribution < -0.4 is 0 Å².